The topological polar surface area (TPSA) is 38.3 Å². The quantitative estimate of drug-likeness (QED) is 0.788. The van der Waals surface area contributed by atoms with E-state index in [-0.39, 0.29) is 0 Å². The van der Waals surface area contributed by atoms with Gasteiger partial charge in [0.2, 0.25) is 0 Å². The Kier molecular flexibility index (Phi) is 6.98. The fourth-order valence-electron chi connectivity index (χ4n) is 1.69. The predicted octanol–water partition coefficient (Wildman–Crippen LogP) is 2.58. The molecule has 18 heavy (non-hydrogen) atoms. The molecule has 4 heteroatoms. The highest BCUT2D eigenvalue weighted by Crippen LogP contribution is 2.21. The molecule has 0 spiro atoms. The van der Waals surface area contributed by atoms with Crippen LogP contribution in [0.15, 0.2) is 29.2 Å². The standard InChI is InChI=1S/C14H23NO2S/c1-4-10-15-12(2)9-11-18(16)14-8-6-5-7-13(14)17-3/h5-8,12,15H,4,9-11H2,1-3H3. The molecule has 0 heterocycles. The molecule has 3 nitrogen and oxygen atoms in total. The highest BCUT2D eigenvalue weighted by atomic mass is 32.2. The molecule has 1 aromatic carbocycles. The molecule has 0 fully saturated rings. The number of nitrogens with one attached hydrogen (secondary N) is 1. The van der Waals surface area contributed by atoms with Gasteiger partial charge in [0.15, 0.2) is 0 Å². The maximum Gasteiger partial charge on any atom is 0.134 e. The summed E-state index contributed by atoms with van der Waals surface area (Å²) in [5, 5.41) is 3.40. The van der Waals surface area contributed by atoms with Gasteiger partial charge in [-0.15, -0.1) is 0 Å². The largest absolute Gasteiger partial charge is 0.495 e. The van der Waals surface area contributed by atoms with Gasteiger partial charge in [-0.05, 0) is 38.4 Å². The lowest BCUT2D eigenvalue weighted by atomic mass is 10.2. The summed E-state index contributed by atoms with van der Waals surface area (Å²) in [4.78, 5) is 0.794. The molecule has 0 bridgehead atoms. The van der Waals surface area contributed by atoms with Gasteiger partial charge in [0, 0.05) is 11.8 Å². The fourth-order valence-corrected chi connectivity index (χ4v) is 3.09. The highest BCUT2D eigenvalue weighted by molar-refractivity contribution is 7.85. The van der Waals surface area contributed by atoms with Crippen molar-refractivity contribution in [3.05, 3.63) is 24.3 Å². The van der Waals surface area contributed by atoms with Gasteiger partial charge in [-0.3, -0.25) is 4.21 Å². The van der Waals surface area contributed by atoms with Crippen LogP contribution in [0.2, 0.25) is 0 Å². The van der Waals surface area contributed by atoms with Crippen molar-refractivity contribution in [3.8, 4) is 5.75 Å². The summed E-state index contributed by atoms with van der Waals surface area (Å²) in [6.45, 7) is 5.30. The van der Waals surface area contributed by atoms with Gasteiger partial charge >= 0.3 is 0 Å². The van der Waals surface area contributed by atoms with Crippen LogP contribution in [-0.2, 0) is 10.8 Å². The van der Waals surface area contributed by atoms with Gasteiger partial charge in [0.25, 0.3) is 0 Å². The van der Waals surface area contributed by atoms with Crippen LogP contribution in [0.1, 0.15) is 26.7 Å². The molecule has 0 aliphatic rings. The third-order valence-electron chi connectivity index (χ3n) is 2.79. The normalized spacial score (nSPS) is 14.2. The molecule has 0 aliphatic carbocycles. The third-order valence-corrected chi connectivity index (χ3v) is 4.23. The Morgan fingerprint density at radius 1 is 1.39 bits per heavy atom. The van der Waals surface area contributed by atoms with Crippen LogP contribution in [0, 0.1) is 0 Å². The van der Waals surface area contributed by atoms with Crippen molar-refractivity contribution in [2.75, 3.05) is 19.4 Å². The number of hydrogen-bond acceptors (Lipinski definition) is 3. The second-order valence-electron chi connectivity index (χ2n) is 4.34. The Morgan fingerprint density at radius 3 is 2.78 bits per heavy atom. The monoisotopic (exact) mass is 269 g/mol. The average Bonchev–Trinajstić information content (AvgIpc) is 2.42. The first kappa shape index (κ1) is 15.2. The van der Waals surface area contributed by atoms with Gasteiger partial charge < -0.3 is 10.1 Å². The van der Waals surface area contributed by atoms with Gasteiger partial charge in [-0.2, -0.15) is 0 Å². The molecular weight excluding hydrogens is 246 g/mol. The molecule has 0 aromatic heterocycles. The molecule has 2 unspecified atom stereocenters. The highest BCUT2D eigenvalue weighted by Gasteiger charge is 2.11. The van der Waals surface area contributed by atoms with Crippen LogP contribution in [-0.4, -0.2) is 29.7 Å². The second kappa shape index (κ2) is 8.27. The molecule has 0 amide bonds. The molecule has 0 radical (unpaired) electrons. The van der Waals surface area contributed by atoms with Crippen molar-refractivity contribution in [1.29, 1.82) is 0 Å². The Morgan fingerprint density at radius 2 is 2.11 bits per heavy atom. The molecule has 1 rings (SSSR count). The van der Waals surface area contributed by atoms with Crippen LogP contribution < -0.4 is 10.1 Å². The summed E-state index contributed by atoms with van der Waals surface area (Å²) in [5.74, 6) is 1.38. The van der Waals surface area contributed by atoms with E-state index in [0.29, 0.717) is 17.5 Å². The molecular formula is C14H23NO2S. The number of hydrogen-bond donors (Lipinski definition) is 1. The van der Waals surface area contributed by atoms with Crippen molar-refractivity contribution >= 4 is 10.8 Å². The van der Waals surface area contributed by atoms with E-state index in [1.165, 1.54) is 0 Å². The lowest BCUT2D eigenvalue weighted by Gasteiger charge is -2.13. The molecule has 102 valence electrons. The van der Waals surface area contributed by atoms with Crippen LogP contribution in [0.25, 0.3) is 0 Å². The van der Waals surface area contributed by atoms with Gasteiger partial charge in [0.1, 0.15) is 5.75 Å². The summed E-state index contributed by atoms with van der Waals surface area (Å²) in [7, 11) is 0.627. The maximum absolute atomic E-state index is 12.2. The van der Waals surface area contributed by atoms with Gasteiger partial charge in [-0.25, -0.2) is 0 Å². The Labute approximate surface area is 112 Å². The van der Waals surface area contributed by atoms with Crippen molar-refractivity contribution in [2.45, 2.75) is 37.6 Å². The summed E-state index contributed by atoms with van der Waals surface area (Å²) in [6, 6.07) is 7.92. The molecule has 0 saturated carbocycles. The zero-order valence-electron chi connectivity index (χ0n) is 11.4. The summed E-state index contributed by atoms with van der Waals surface area (Å²) in [5.41, 5.74) is 0. The average molecular weight is 269 g/mol. The van der Waals surface area contributed by atoms with E-state index in [9.17, 15) is 4.21 Å². The zero-order valence-corrected chi connectivity index (χ0v) is 12.3. The lowest BCUT2D eigenvalue weighted by Crippen LogP contribution is -2.28. The number of para-hydroxylation sites is 1. The van der Waals surface area contributed by atoms with Crippen molar-refractivity contribution in [2.24, 2.45) is 0 Å². The zero-order chi connectivity index (χ0) is 13.4. The summed E-state index contributed by atoms with van der Waals surface area (Å²) in [6.07, 6.45) is 2.03. The lowest BCUT2D eigenvalue weighted by molar-refractivity contribution is 0.404. The van der Waals surface area contributed by atoms with Crippen molar-refractivity contribution in [1.82, 2.24) is 5.32 Å². The van der Waals surface area contributed by atoms with Crippen LogP contribution in [0.4, 0.5) is 0 Å². The van der Waals surface area contributed by atoms with E-state index in [4.69, 9.17) is 4.74 Å². The first-order valence-electron chi connectivity index (χ1n) is 6.43. The van der Waals surface area contributed by atoms with E-state index >= 15 is 0 Å². The van der Waals surface area contributed by atoms with Crippen molar-refractivity contribution in [3.63, 3.8) is 0 Å². The van der Waals surface area contributed by atoms with E-state index in [0.717, 1.165) is 24.3 Å². The molecule has 2 atom stereocenters. The third kappa shape index (κ3) is 4.78. The van der Waals surface area contributed by atoms with Crippen LogP contribution in [0.3, 0.4) is 0 Å². The maximum atomic E-state index is 12.2. The predicted molar refractivity (Wildman–Crippen MR) is 76.6 cm³/mol. The van der Waals surface area contributed by atoms with Crippen LogP contribution >= 0.6 is 0 Å². The first-order valence-corrected chi connectivity index (χ1v) is 7.75. The van der Waals surface area contributed by atoms with E-state index in [2.05, 4.69) is 19.2 Å². The van der Waals surface area contributed by atoms with E-state index in [1.807, 2.05) is 24.3 Å². The van der Waals surface area contributed by atoms with E-state index in [1.54, 1.807) is 7.11 Å². The Balaban J connectivity index is 2.50. The fraction of sp³-hybridized carbons (Fsp3) is 0.571. The Bertz CT molecular complexity index is 382. The van der Waals surface area contributed by atoms with Gasteiger partial charge in [-0.1, -0.05) is 19.1 Å². The minimum atomic E-state index is -0.986. The minimum absolute atomic E-state index is 0.406. The number of rotatable bonds is 8. The second-order valence-corrected chi connectivity index (χ2v) is 5.88. The summed E-state index contributed by atoms with van der Waals surface area (Å²) < 4.78 is 17.4. The molecule has 0 saturated heterocycles. The SMILES string of the molecule is CCCNC(C)CCS(=O)c1ccccc1OC. The minimum Gasteiger partial charge on any atom is -0.495 e. The van der Waals surface area contributed by atoms with Crippen LogP contribution in [0.5, 0.6) is 5.75 Å². The first-order chi connectivity index (χ1) is 8.69. The van der Waals surface area contributed by atoms with Crippen molar-refractivity contribution < 1.29 is 8.95 Å². The van der Waals surface area contributed by atoms with E-state index < -0.39 is 10.8 Å². The molecule has 0 aliphatic heterocycles. The molecule has 1 aromatic rings. The number of benzene rings is 1. The number of methoxy groups -OCH3 is 1. The summed E-state index contributed by atoms with van der Waals surface area (Å²) >= 11 is 0. The molecule has 1 N–H and O–H groups in total. The smallest absolute Gasteiger partial charge is 0.134 e. The Hall–Kier alpha value is -0.870. The van der Waals surface area contributed by atoms with Gasteiger partial charge in [0.05, 0.1) is 22.8 Å². The number of ether oxygens (including phenoxy) is 1.